The normalized spacial score (nSPS) is 11.0. The highest BCUT2D eigenvalue weighted by atomic mass is 15.1. The summed E-state index contributed by atoms with van der Waals surface area (Å²) in [5, 5.41) is 13.1. The van der Waals surface area contributed by atoms with E-state index in [1.807, 2.05) is 25.2 Å². The molecule has 0 bridgehead atoms. The number of hydrogen-bond acceptors (Lipinski definition) is 4. The molecule has 4 heteroatoms. The van der Waals surface area contributed by atoms with Gasteiger partial charge in [-0.25, -0.2) is 4.98 Å². The first kappa shape index (κ1) is 15.3. The lowest BCUT2D eigenvalue weighted by Crippen LogP contribution is -2.31. The molecule has 110 valence electrons. The molecule has 0 aliphatic carbocycles. The average molecular weight is 282 g/mol. The number of rotatable bonds is 6. The molecule has 2 aromatic rings. The van der Waals surface area contributed by atoms with Crippen LogP contribution in [0.3, 0.4) is 0 Å². The van der Waals surface area contributed by atoms with Crippen LogP contribution in [0.1, 0.15) is 25.8 Å². The maximum absolute atomic E-state index is 8.80. The minimum absolute atomic E-state index is 0.398. The van der Waals surface area contributed by atoms with Gasteiger partial charge in [-0.15, -0.1) is 0 Å². The molecule has 21 heavy (non-hydrogen) atoms. The van der Waals surface area contributed by atoms with E-state index in [1.165, 1.54) is 5.56 Å². The van der Waals surface area contributed by atoms with Gasteiger partial charge in [0.2, 0.25) is 0 Å². The Morgan fingerprint density at radius 3 is 2.76 bits per heavy atom. The first-order chi connectivity index (χ1) is 10.2. The zero-order valence-corrected chi connectivity index (χ0v) is 12.9. The van der Waals surface area contributed by atoms with Gasteiger partial charge >= 0.3 is 0 Å². The molecule has 0 saturated carbocycles. The summed E-state index contributed by atoms with van der Waals surface area (Å²) >= 11 is 0. The van der Waals surface area contributed by atoms with Crippen LogP contribution in [-0.4, -0.2) is 29.5 Å². The maximum Gasteiger partial charge on any atom is 0.130 e. The number of fused-ring (bicyclic) bond motifs is 1. The van der Waals surface area contributed by atoms with Gasteiger partial charge in [0.15, 0.2) is 0 Å². The van der Waals surface area contributed by atoms with Gasteiger partial charge in [-0.3, -0.25) is 4.90 Å². The summed E-state index contributed by atoms with van der Waals surface area (Å²) in [6.07, 6.45) is 0.550. The SMILES string of the molecule is CNc1nc2ccccc2cc1CN(CCC#N)C(C)C. The molecule has 0 aliphatic rings. The highest BCUT2D eigenvalue weighted by Gasteiger charge is 2.13. The second-order valence-electron chi connectivity index (χ2n) is 5.41. The number of nitrogens with zero attached hydrogens (tertiary/aromatic N) is 3. The summed E-state index contributed by atoms with van der Waals surface area (Å²) in [4.78, 5) is 6.98. The molecule has 1 heterocycles. The molecule has 0 fully saturated rings. The molecular formula is C17H22N4. The van der Waals surface area contributed by atoms with Gasteiger partial charge in [0.1, 0.15) is 5.82 Å². The second-order valence-corrected chi connectivity index (χ2v) is 5.41. The van der Waals surface area contributed by atoms with Gasteiger partial charge in [0.05, 0.1) is 11.6 Å². The van der Waals surface area contributed by atoms with Crippen LogP contribution in [-0.2, 0) is 6.54 Å². The van der Waals surface area contributed by atoms with Gasteiger partial charge in [-0.05, 0) is 26.0 Å². The summed E-state index contributed by atoms with van der Waals surface area (Å²) in [5.41, 5.74) is 2.17. The number of para-hydroxylation sites is 1. The monoisotopic (exact) mass is 282 g/mol. The van der Waals surface area contributed by atoms with Crippen LogP contribution in [0.2, 0.25) is 0 Å². The van der Waals surface area contributed by atoms with E-state index in [0.29, 0.717) is 12.5 Å². The summed E-state index contributed by atoms with van der Waals surface area (Å²) in [5.74, 6) is 0.913. The van der Waals surface area contributed by atoms with Crippen LogP contribution in [0, 0.1) is 11.3 Å². The summed E-state index contributed by atoms with van der Waals surface area (Å²) in [6, 6.07) is 13.0. The minimum atomic E-state index is 0.398. The van der Waals surface area contributed by atoms with Crippen LogP contribution in [0.5, 0.6) is 0 Å². The lowest BCUT2D eigenvalue weighted by molar-refractivity contribution is 0.218. The van der Waals surface area contributed by atoms with E-state index in [0.717, 1.165) is 29.8 Å². The fourth-order valence-electron chi connectivity index (χ4n) is 2.43. The van der Waals surface area contributed by atoms with Crippen LogP contribution >= 0.6 is 0 Å². The average Bonchev–Trinajstić information content (AvgIpc) is 2.50. The van der Waals surface area contributed by atoms with Crippen molar-refractivity contribution in [1.82, 2.24) is 9.88 Å². The molecule has 1 aromatic heterocycles. The van der Waals surface area contributed by atoms with Gasteiger partial charge in [0, 0.05) is 43.5 Å². The quantitative estimate of drug-likeness (QED) is 0.882. The van der Waals surface area contributed by atoms with Crippen molar-refractivity contribution in [2.75, 3.05) is 18.9 Å². The molecule has 0 amide bonds. The molecule has 4 nitrogen and oxygen atoms in total. The molecule has 1 aromatic carbocycles. The van der Waals surface area contributed by atoms with E-state index in [1.54, 1.807) is 0 Å². The van der Waals surface area contributed by atoms with Crippen LogP contribution in [0.15, 0.2) is 30.3 Å². The van der Waals surface area contributed by atoms with E-state index in [-0.39, 0.29) is 0 Å². The molecule has 1 N–H and O–H groups in total. The van der Waals surface area contributed by atoms with E-state index >= 15 is 0 Å². The third-order valence-electron chi connectivity index (χ3n) is 3.65. The standard InChI is InChI=1S/C17H22N4/c1-13(2)21(10-6-9-18)12-15-11-14-7-4-5-8-16(14)20-17(15)19-3/h4-5,7-8,11,13H,6,10,12H2,1-3H3,(H,19,20). The molecule has 0 radical (unpaired) electrons. The Morgan fingerprint density at radius 2 is 2.10 bits per heavy atom. The Balaban J connectivity index is 2.32. The van der Waals surface area contributed by atoms with Crippen LogP contribution < -0.4 is 5.32 Å². The molecule has 0 atom stereocenters. The van der Waals surface area contributed by atoms with Crippen molar-refractivity contribution in [1.29, 1.82) is 5.26 Å². The molecule has 0 saturated heterocycles. The van der Waals surface area contributed by atoms with Gasteiger partial charge in [-0.1, -0.05) is 18.2 Å². The lowest BCUT2D eigenvalue weighted by atomic mass is 10.1. The van der Waals surface area contributed by atoms with Gasteiger partial charge < -0.3 is 5.32 Å². The van der Waals surface area contributed by atoms with Crippen LogP contribution in [0.4, 0.5) is 5.82 Å². The number of nitrogens with one attached hydrogen (secondary N) is 1. The largest absolute Gasteiger partial charge is 0.373 e. The van der Waals surface area contributed by atoms with E-state index in [2.05, 4.69) is 47.3 Å². The molecule has 0 aliphatic heterocycles. The zero-order chi connectivity index (χ0) is 15.2. The number of pyridine rings is 1. The Labute approximate surface area is 126 Å². The number of hydrogen-bond donors (Lipinski definition) is 1. The number of anilines is 1. The summed E-state index contributed by atoms with van der Waals surface area (Å²) in [7, 11) is 1.90. The number of aromatic nitrogens is 1. The molecule has 2 rings (SSSR count). The van der Waals surface area contributed by atoms with Crippen molar-refractivity contribution < 1.29 is 0 Å². The van der Waals surface area contributed by atoms with Crippen molar-refractivity contribution in [3.8, 4) is 6.07 Å². The van der Waals surface area contributed by atoms with E-state index in [9.17, 15) is 0 Å². The van der Waals surface area contributed by atoms with Crippen molar-refractivity contribution in [3.63, 3.8) is 0 Å². The van der Waals surface area contributed by atoms with E-state index < -0.39 is 0 Å². The Kier molecular flexibility index (Phi) is 5.13. The second kappa shape index (κ2) is 7.05. The third-order valence-corrected chi connectivity index (χ3v) is 3.65. The number of benzene rings is 1. The minimum Gasteiger partial charge on any atom is -0.373 e. The van der Waals surface area contributed by atoms with Crippen LogP contribution in [0.25, 0.3) is 10.9 Å². The smallest absolute Gasteiger partial charge is 0.130 e. The first-order valence-corrected chi connectivity index (χ1v) is 7.33. The fraction of sp³-hybridized carbons (Fsp3) is 0.412. The highest BCUT2D eigenvalue weighted by Crippen LogP contribution is 2.22. The Bertz CT molecular complexity index is 643. The highest BCUT2D eigenvalue weighted by molar-refractivity contribution is 5.81. The molecular weight excluding hydrogens is 260 g/mol. The van der Waals surface area contributed by atoms with Crippen molar-refractivity contribution >= 4 is 16.7 Å². The zero-order valence-electron chi connectivity index (χ0n) is 12.9. The van der Waals surface area contributed by atoms with E-state index in [4.69, 9.17) is 5.26 Å². The van der Waals surface area contributed by atoms with Gasteiger partial charge in [-0.2, -0.15) is 5.26 Å². The topological polar surface area (TPSA) is 52.0 Å². The maximum atomic E-state index is 8.80. The van der Waals surface area contributed by atoms with Crippen molar-refractivity contribution in [3.05, 3.63) is 35.9 Å². The molecule has 0 unspecified atom stereocenters. The number of nitriles is 1. The summed E-state index contributed by atoms with van der Waals surface area (Å²) < 4.78 is 0. The molecule has 0 spiro atoms. The predicted octanol–water partition coefficient (Wildman–Crippen LogP) is 3.40. The summed E-state index contributed by atoms with van der Waals surface area (Å²) in [6.45, 7) is 5.90. The lowest BCUT2D eigenvalue weighted by Gasteiger charge is -2.26. The van der Waals surface area contributed by atoms with Gasteiger partial charge in [0.25, 0.3) is 0 Å². The predicted molar refractivity (Wildman–Crippen MR) is 87.1 cm³/mol. The van der Waals surface area contributed by atoms with Crippen molar-refractivity contribution in [2.24, 2.45) is 0 Å². The first-order valence-electron chi connectivity index (χ1n) is 7.33. The Hall–Kier alpha value is -2.12. The Morgan fingerprint density at radius 1 is 1.33 bits per heavy atom. The van der Waals surface area contributed by atoms with Crippen molar-refractivity contribution in [2.45, 2.75) is 32.9 Å². The third kappa shape index (κ3) is 3.71. The fourth-order valence-corrected chi connectivity index (χ4v) is 2.43.